The molecule has 1 aromatic carbocycles. The monoisotopic (exact) mass is 338 g/mol. The first-order valence-electron chi connectivity index (χ1n) is 7.54. The summed E-state index contributed by atoms with van der Waals surface area (Å²) in [6.45, 7) is 5.23. The number of piperazine rings is 1. The summed E-state index contributed by atoms with van der Waals surface area (Å²) in [7, 11) is -3.37. The number of ketones is 1. The van der Waals surface area contributed by atoms with Crippen LogP contribution in [0, 0.1) is 0 Å². The van der Waals surface area contributed by atoms with E-state index in [9.17, 15) is 18.0 Å². The van der Waals surface area contributed by atoms with Gasteiger partial charge in [-0.1, -0.05) is 0 Å². The number of hydrogen-bond acceptors (Lipinski definition) is 5. The van der Waals surface area contributed by atoms with Crippen LogP contribution < -0.4 is 4.90 Å². The summed E-state index contributed by atoms with van der Waals surface area (Å²) in [5.74, 6) is -0.305. The van der Waals surface area contributed by atoms with Gasteiger partial charge in [-0.05, 0) is 38.1 Å². The Labute approximate surface area is 137 Å². The molecule has 0 aliphatic carbocycles. The Morgan fingerprint density at radius 2 is 1.57 bits per heavy atom. The highest BCUT2D eigenvalue weighted by molar-refractivity contribution is 7.92. The summed E-state index contributed by atoms with van der Waals surface area (Å²) in [6, 6.07) is 7.38. The molecule has 1 saturated heterocycles. The summed E-state index contributed by atoms with van der Waals surface area (Å²) >= 11 is 0. The second-order valence-electron chi connectivity index (χ2n) is 5.89. The van der Waals surface area contributed by atoms with Gasteiger partial charge in [0.2, 0.25) is 5.91 Å². The van der Waals surface area contributed by atoms with Gasteiger partial charge in [0.25, 0.3) is 0 Å². The average Bonchev–Trinajstić information content (AvgIpc) is 2.53. The highest BCUT2D eigenvalue weighted by atomic mass is 32.2. The lowest BCUT2D eigenvalue weighted by Crippen LogP contribution is -2.52. The quantitative estimate of drug-likeness (QED) is 0.765. The number of carbonyl (C=O) groups is 2. The maximum Gasteiger partial charge on any atom is 0.240 e. The van der Waals surface area contributed by atoms with Crippen LogP contribution in [0.5, 0.6) is 0 Å². The molecule has 23 heavy (non-hydrogen) atoms. The van der Waals surface area contributed by atoms with E-state index < -0.39 is 15.1 Å². The number of anilines is 1. The van der Waals surface area contributed by atoms with E-state index in [1.54, 1.807) is 17.0 Å². The van der Waals surface area contributed by atoms with Crippen molar-refractivity contribution in [3.63, 3.8) is 0 Å². The van der Waals surface area contributed by atoms with Crippen molar-refractivity contribution in [1.82, 2.24) is 4.90 Å². The summed E-state index contributed by atoms with van der Waals surface area (Å²) in [5, 5.41) is -0.996. The predicted octanol–water partition coefficient (Wildman–Crippen LogP) is 0.971. The molecule has 1 aromatic rings. The van der Waals surface area contributed by atoms with Gasteiger partial charge in [0, 0.05) is 43.7 Å². The molecule has 0 radical (unpaired) electrons. The molecule has 1 amide bonds. The Hall–Kier alpha value is -1.89. The van der Waals surface area contributed by atoms with Gasteiger partial charge in [0.15, 0.2) is 15.6 Å². The van der Waals surface area contributed by atoms with E-state index in [0.717, 1.165) is 11.9 Å². The Morgan fingerprint density at radius 1 is 1.04 bits per heavy atom. The Balaban J connectivity index is 1.98. The first-order chi connectivity index (χ1) is 10.7. The van der Waals surface area contributed by atoms with Crippen LogP contribution in [0.3, 0.4) is 0 Å². The van der Waals surface area contributed by atoms with E-state index >= 15 is 0 Å². The van der Waals surface area contributed by atoms with E-state index in [1.165, 1.54) is 13.8 Å². The van der Waals surface area contributed by atoms with Crippen LogP contribution >= 0.6 is 0 Å². The average molecular weight is 338 g/mol. The van der Waals surface area contributed by atoms with E-state index in [-0.39, 0.29) is 11.7 Å². The van der Waals surface area contributed by atoms with E-state index in [2.05, 4.69) is 4.90 Å². The number of hydrogen-bond donors (Lipinski definition) is 0. The van der Waals surface area contributed by atoms with Crippen molar-refractivity contribution < 1.29 is 18.0 Å². The van der Waals surface area contributed by atoms with E-state index in [4.69, 9.17) is 0 Å². The molecule has 7 heteroatoms. The lowest BCUT2D eigenvalue weighted by atomic mass is 10.1. The summed E-state index contributed by atoms with van der Waals surface area (Å²) < 4.78 is 23.0. The Bertz CT molecular complexity index is 689. The third-order valence-electron chi connectivity index (χ3n) is 4.22. The molecule has 1 aliphatic rings. The minimum absolute atomic E-state index is 0.0294. The standard InChI is InChI=1S/C16H22N2O4S/c1-12(19)14-4-6-15(7-5-14)17-8-10-18(11-9-17)16(20)13(2)23(3,21)22/h4-7,13H,8-11H2,1-3H3. The van der Waals surface area contributed by atoms with Crippen molar-refractivity contribution in [3.8, 4) is 0 Å². The molecule has 126 valence electrons. The van der Waals surface area contributed by atoms with Crippen molar-refractivity contribution >= 4 is 27.2 Å². The lowest BCUT2D eigenvalue weighted by molar-refractivity contribution is -0.130. The van der Waals surface area contributed by atoms with Crippen molar-refractivity contribution in [1.29, 1.82) is 0 Å². The SMILES string of the molecule is CC(=O)c1ccc(N2CCN(C(=O)C(C)S(C)(=O)=O)CC2)cc1. The molecule has 2 rings (SSSR count). The molecule has 6 nitrogen and oxygen atoms in total. The second kappa shape index (κ2) is 6.70. The highest BCUT2D eigenvalue weighted by Crippen LogP contribution is 2.18. The van der Waals surface area contributed by atoms with Gasteiger partial charge in [-0.15, -0.1) is 0 Å². The topological polar surface area (TPSA) is 74.8 Å². The molecule has 0 aromatic heterocycles. The largest absolute Gasteiger partial charge is 0.368 e. The Kier molecular flexibility index (Phi) is 5.09. The third-order valence-corrected chi connectivity index (χ3v) is 5.71. The van der Waals surface area contributed by atoms with Gasteiger partial charge in [0.05, 0.1) is 0 Å². The van der Waals surface area contributed by atoms with Gasteiger partial charge in [-0.3, -0.25) is 9.59 Å². The number of nitrogens with zero attached hydrogens (tertiary/aromatic N) is 2. The van der Waals surface area contributed by atoms with Crippen LogP contribution in [0.15, 0.2) is 24.3 Å². The van der Waals surface area contributed by atoms with Gasteiger partial charge in [-0.25, -0.2) is 8.42 Å². The number of amides is 1. The van der Waals surface area contributed by atoms with Crippen LogP contribution in [0.2, 0.25) is 0 Å². The number of rotatable bonds is 4. The lowest BCUT2D eigenvalue weighted by Gasteiger charge is -2.37. The molecular formula is C16H22N2O4S. The summed E-state index contributed by atoms with van der Waals surface area (Å²) in [4.78, 5) is 27.2. The van der Waals surface area contributed by atoms with Crippen LogP contribution in [0.25, 0.3) is 0 Å². The fraction of sp³-hybridized carbons (Fsp3) is 0.500. The third kappa shape index (κ3) is 4.10. The zero-order valence-electron chi connectivity index (χ0n) is 13.7. The number of benzene rings is 1. The molecule has 1 heterocycles. The highest BCUT2D eigenvalue weighted by Gasteiger charge is 2.30. The molecule has 1 aliphatic heterocycles. The maximum absolute atomic E-state index is 12.2. The van der Waals surface area contributed by atoms with E-state index in [0.29, 0.717) is 31.7 Å². The van der Waals surface area contributed by atoms with Crippen LogP contribution in [0.4, 0.5) is 5.69 Å². The fourth-order valence-corrected chi connectivity index (χ4v) is 3.05. The summed E-state index contributed by atoms with van der Waals surface area (Å²) in [6.07, 6.45) is 1.09. The minimum Gasteiger partial charge on any atom is -0.368 e. The molecule has 0 bridgehead atoms. The maximum atomic E-state index is 12.2. The fourth-order valence-electron chi connectivity index (χ4n) is 2.53. The van der Waals surface area contributed by atoms with Crippen molar-refractivity contribution in [3.05, 3.63) is 29.8 Å². The minimum atomic E-state index is -3.37. The van der Waals surface area contributed by atoms with Crippen LogP contribution in [-0.4, -0.2) is 62.7 Å². The number of carbonyl (C=O) groups excluding carboxylic acids is 2. The zero-order chi connectivity index (χ0) is 17.2. The molecule has 0 N–H and O–H groups in total. The van der Waals surface area contributed by atoms with Crippen LogP contribution in [-0.2, 0) is 14.6 Å². The van der Waals surface area contributed by atoms with Gasteiger partial charge < -0.3 is 9.80 Å². The Morgan fingerprint density at radius 3 is 2.00 bits per heavy atom. The predicted molar refractivity (Wildman–Crippen MR) is 89.5 cm³/mol. The molecule has 0 spiro atoms. The number of sulfone groups is 1. The van der Waals surface area contributed by atoms with Crippen LogP contribution in [0.1, 0.15) is 24.2 Å². The molecule has 1 unspecified atom stereocenters. The first-order valence-corrected chi connectivity index (χ1v) is 9.49. The molecular weight excluding hydrogens is 316 g/mol. The van der Waals surface area contributed by atoms with Gasteiger partial charge in [-0.2, -0.15) is 0 Å². The van der Waals surface area contributed by atoms with E-state index in [1.807, 2.05) is 12.1 Å². The first kappa shape index (κ1) is 17.5. The molecule has 0 saturated carbocycles. The molecule has 1 fully saturated rings. The van der Waals surface area contributed by atoms with Crippen molar-refractivity contribution in [2.75, 3.05) is 37.3 Å². The smallest absolute Gasteiger partial charge is 0.240 e. The van der Waals surface area contributed by atoms with Crippen molar-refractivity contribution in [2.45, 2.75) is 19.1 Å². The summed E-state index contributed by atoms with van der Waals surface area (Å²) in [5.41, 5.74) is 1.67. The second-order valence-corrected chi connectivity index (χ2v) is 8.25. The molecule has 1 atom stereocenters. The van der Waals surface area contributed by atoms with Gasteiger partial charge in [0.1, 0.15) is 5.25 Å². The zero-order valence-corrected chi connectivity index (χ0v) is 14.5. The number of Topliss-reactive ketones (excluding diaryl/α,β-unsaturated/α-hetero) is 1. The van der Waals surface area contributed by atoms with Crippen molar-refractivity contribution in [2.24, 2.45) is 0 Å². The normalized spacial score (nSPS) is 17.0. The van der Waals surface area contributed by atoms with Gasteiger partial charge >= 0.3 is 0 Å².